The maximum atomic E-state index is 10.6. The van der Waals surface area contributed by atoms with E-state index in [0.29, 0.717) is 0 Å². The Hall–Kier alpha value is -0.740. The predicted molar refractivity (Wildman–Crippen MR) is 19.0 cm³/mol. The van der Waals surface area contributed by atoms with E-state index in [-0.39, 0.29) is 7.43 Å². The predicted octanol–water partition coefficient (Wildman–Crippen LogP) is 0.961. The molecule has 0 aliphatic rings. The Balaban J connectivity index is 0. The van der Waals surface area contributed by atoms with E-state index in [0.717, 1.165) is 0 Å². The lowest BCUT2D eigenvalue weighted by Gasteiger charge is -1.93. The fourth-order valence-corrected chi connectivity index (χ4v) is 0. The molecule has 0 aromatic heterocycles. The van der Waals surface area contributed by atoms with Crippen LogP contribution in [-0.4, -0.2) is 17.3 Å². The molecular weight excluding hydrogens is 125 g/mol. The van der Waals surface area contributed by atoms with Crippen molar-refractivity contribution in [3.63, 3.8) is 0 Å². The maximum absolute atomic E-state index is 10.6. The molecule has 1 N–H and O–H groups in total. The van der Waals surface area contributed by atoms with Crippen molar-refractivity contribution in [2.45, 2.75) is 6.18 Å². The van der Waals surface area contributed by atoms with Crippen molar-refractivity contribution in [1.29, 1.82) is 0 Å². The Labute approximate surface area is 43.9 Å². The van der Waals surface area contributed by atoms with E-state index >= 15 is 0 Å². The van der Waals surface area contributed by atoms with E-state index in [1.165, 1.54) is 0 Å². The zero-order valence-electron chi connectivity index (χ0n) is 3.70. The molecule has 0 amide bonds. The van der Waals surface area contributed by atoms with Gasteiger partial charge in [-0.2, -0.15) is 13.2 Å². The number of carbonyl (C=O) groups is 1. The van der Waals surface area contributed by atoms with E-state index in [9.17, 15) is 13.2 Å². The molecule has 48 valence electrons. The Morgan fingerprint density at radius 1 is 1.38 bits per heavy atom. The lowest BCUT2D eigenvalue weighted by molar-refractivity contribution is -0.192. The second kappa shape index (κ2) is 2.54. The second-order valence-corrected chi connectivity index (χ2v) is 0.803. The first-order chi connectivity index (χ1) is 2.94. The molecule has 0 heterocycles. The number of carboxylic acids is 1. The molecule has 0 aliphatic heterocycles. The summed E-state index contributed by atoms with van der Waals surface area (Å²) in [7, 11) is 0. The number of halogens is 3. The van der Waals surface area contributed by atoms with Crippen LogP contribution in [0.2, 0.25) is 0 Å². The van der Waals surface area contributed by atoms with Crippen LogP contribution in [0, 0.1) is 7.43 Å². The van der Waals surface area contributed by atoms with Crippen molar-refractivity contribution >= 4 is 5.97 Å². The third-order valence-corrected chi connectivity index (χ3v) is 0.243. The highest BCUT2D eigenvalue weighted by Gasteiger charge is 2.38. The molecule has 0 saturated carbocycles. The third-order valence-electron chi connectivity index (χ3n) is 0.243. The SMILES string of the molecule is O=C(O)C(F)(F)F.[CH2]. The van der Waals surface area contributed by atoms with Crippen LogP contribution in [0.3, 0.4) is 0 Å². The number of hydrogen-bond donors (Lipinski definition) is 1. The number of aliphatic carboxylic acids is 1. The molecule has 0 bridgehead atoms. The number of hydrogen-bond acceptors (Lipinski definition) is 1. The molecule has 2 nitrogen and oxygen atoms in total. The zero-order valence-corrected chi connectivity index (χ0v) is 3.70. The van der Waals surface area contributed by atoms with Crippen LogP contribution in [0.25, 0.3) is 0 Å². The van der Waals surface area contributed by atoms with E-state index in [1.807, 2.05) is 0 Å². The van der Waals surface area contributed by atoms with Crippen molar-refractivity contribution in [2.24, 2.45) is 0 Å². The van der Waals surface area contributed by atoms with E-state index in [4.69, 9.17) is 9.90 Å². The molecule has 5 heteroatoms. The molecule has 0 spiro atoms. The molecule has 0 fully saturated rings. The fraction of sp³-hybridized carbons (Fsp3) is 0.333. The Kier molecular flexibility index (Phi) is 3.26. The minimum atomic E-state index is -5.08. The summed E-state index contributed by atoms with van der Waals surface area (Å²) in [5, 5.41) is 7.12. The van der Waals surface area contributed by atoms with Gasteiger partial charge >= 0.3 is 12.1 Å². The van der Waals surface area contributed by atoms with Crippen LogP contribution in [0.5, 0.6) is 0 Å². The van der Waals surface area contributed by atoms with Gasteiger partial charge < -0.3 is 5.11 Å². The fourth-order valence-electron chi connectivity index (χ4n) is 0. The van der Waals surface area contributed by atoms with Crippen molar-refractivity contribution in [3.05, 3.63) is 7.43 Å². The van der Waals surface area contributed by atoms with Crippen LogP contribution >= 0.6 is 0 Å². The minimum Gasteiger partial charge on any atom is -0.475 e. The summed E-state index contributed by atoms with van der Waals surface area (Å²) in [6.45, 7) is 0. The first-order valence-electron chi connectivity index (χ1n) is 1.24. The Bertz CT molecular complexity index is 85.0. The quantitative estimate of drug-likeness (QED) is 0.527. The standard InChI is InChI=1S/C2HF3O2.CH2/c3-2(4,5)1(6)7;/h(H,6,7);1H2. The molecule has 0 unspecified atom stereocenters. The monoisotopic (exact) mass is 128 g/mol. The van der Waals surface area contributed by atoms with Crippen molar-refractivity contribution in [3.8, 4) is 0 Å². The third kappa shape index (κ3) is 3.45. The smallest absolute Gasteiger partial charge is 0.475 e. The van der Waals surface area contributed by atoms with E-state index < -0.39 is 12.1 Å². The van der Waals surface area contributed by atoms with Crippen molar-refractivity contribution in [2.75, 3.05) is 0 Å². The first-order valence-corrected chi connectivity index (χ1v) is 1.24. The molecule has 2 radical (unpaired) electrons. The van der Waals surface area contributed by atoms with Crippen molar-refractivity contribution in [1.82, 2.24) is 0 Å². The van der Waals surface area contributed by atoms with Gasteiger partial charge in [0.15, 0.2) is 0 Å². The van der Waals surface area contributed by atoms with E-state index in [1.54, 1.807) is 0 Å². The van der Waals surface area contributed by atoms with Crippen molar-refractivity contribution < 1.29 is 23.1 Å². The lowest BCUT2D eigenvalue weighted by atomic mass is 10.7. The Morgan fingerprint density at radius 3 is 1.50 bits per heavy atom. The molecule has 0 rings (SSSR count). The van der Waals surface area contributed by atoms with Crippen LogP contribution < -0.4 is 0 Å². The lowest BCUT2D eigenvalue weighted by Crippen LogP contribution is -2.21. The average Bonchev–Trinajstić information content (AvgIpc) is 1.31. The highest BCUT2D eigenvalue weighted by molar-refractivity contribution is 5.73. The van der Waals surface area contributed by atoms with Crippen LogP contribution in [0.15, 0.2) is 0 Å². The van der Waals surface area contributed by atoms with Crippen LogP contribution in [-0.2, 0) is 4.79 Å². The molecule has 0 saturated heterocycles. The van der Waals surface area contributed by atoms with Crippen LogP contribution in [0.4, 0.5) is 13.2 Å². The van der Waals surface area contributed by atoms with Gasteiger partial charge in [-0.25, -0.2) is 4.79 Å². The summed E-state index contributed by atoms with van der Waals surface area (Å²) in [6.07, 6.45) is -5.08. The summed E-state index contributed by atoms with van der Waals surface area (Å²) in [5.74, 6) is -2.76. The van der Waals surface area contributed by atoms with Gasteiger partial charge in [0.2, 0.25) is 0 Å². The highest BCUT2D eigenvalue weighted by Crippen LogP contribution is 2.13. The highest BCUT2D eigenvalue weighted by atomic mass is 19.4. The molecule has 0 atom stereocenters. The topological polar surface area (TPSA) is 37.3 Å². The first kappa shape index (κ1) is 10.3. The molecule has 8 heavy (non-hydrogen) atoms. The summed E-state index contributed by atoms with van der Waals surface area (Å²) in [4.78, 5) is 8.90. The number of carboxylic acid groups (broad SMARTS) is 1. The molecule has 0 aromatic rings. The summed E-state index contributed by atoms with van der Waals surface area (Å²) in [5.41, 5.74) is 0. The van der Waals surface area contributed by atoms with Gasteiger partial charge in [-0.3, -0.25) is 0 Å². The molecular formula is C3H3F3O2. The van der Waals surface area contributed by atoms with Gasteiger partial charge in [0, 0.05) is 0 Å². The van der Waals surface area contributed by atoms with Gasteiger partial charge in [0.05, 0.1) is 0 Å². The van der Waals surface area contributed by atoms with Gasteiger partial charge in [0.1, 0.15) is 0 Å². The molecule has 0 aliphatic carbocycles. The summed E-state index contributed by atoms with van der Waals surface area (Å²) in [6, 6.07) is 0. The largest absolute Gasteiger partial charge is 0.490 e. The number of alkyl halides is 3. The zero-order chi connectivity index (χ0) is 6.08. The van der Waals surface area contributed by atoms with Gasteiger partial charge in [-0.1, -0.05) is 7.43 Å². The minimum absolute atomic E-state index is 0. The van der Waals surface area contributed by atoms with Crippen LogP contribution in [0.1, 0.15) is 0 Å². The second-order valence-electron chi connectivity index (χ2n) is 0.803. The van der Waals surface area contributed by atoms with E-state index in [2.05, 4.69) is 0 Å². The maximum Gasteiger partial charge on any atom is 0.490 e. The number of rotatable bonds is 0. The normalized spacial score (nSPS) is 9.88. The Morgan fingerprint density at radius 2 is 1.50 bits per heavy atom. The average molecular weight is 128 g/mol. The van der Waals surface area contributed by atoms with Gasteiger partial charge in [0.25, 0.3) is 0 Å². The van der Waals surface area contributed by atoms with Gasteiger partial charge in [-0.05, 0) is 0 Å². The molecule has 0 aromatic carbocycles. The van der Waals surface area contributed by atoms with Gasteiger partial charge in [-0.15, -0.1) is 0 Å². The summed E-state index contributed by atoms with van der Waals surface area (Å²) >= 11 is 0. The summed E-state index contributed by atoms with van der Waals surface area (Å²) < 4.78 is 31.7.